The van der Waals surface area contributed by atoms with Gasteiger partial charge in [0.2, 0.25) is 5.13 Å². The van der Waals surface area contributed by atoms with Gasteiger partial charge in [-0.1, -0.05) is 6.92 Å². The van der Waals surface area contributed by atoms with Crippen LogP contribution in [0.4, 0.5) is 5.13 Å². The van der Waals surface area contributed by atoms with E-state index in [0.717, 1.165) is 30.2 Å². The summed E-state index contributed by atoms with van der Waals surface area (Å²) in [4.78, 5) is 4.40. The molecule has 86 valence electrons. The summed E-state index contributed by atoms with van der Waals surface area (Å²) < 4.78 is 4.27. The van der Waals surface area contributed by atoms with Crippen molar-refractivity contribution in [1.29, 1.82) is 0 Å². The zero-order valence-electron chi connectivity index (χ0n) is 9.46. The Morgan fingerprint density at radius 1 is 1.47 bits per heavy atom. The van der Waals surface area contributed by atoms with E-state index in [-0.39, 0.29) is 5.38 Å². The lowest BCUT2D eigenvalue weighted by atomic mass is 10.2. The van der Waals surface area contributed by atoms with E-state index in [1.165, 1.54) is 11.5 Å². The molecule has 0 radical (unpaired) electrons. The van der Waals surface area contributed by atoms with E-state index in [0.29, 0.717) is 6.04 Å². The number of aryl methyl sites for hydroxylation is 1. The second-order valence-electron chi connectivity index (χ2n) is 3.83. The average Bonchev–Trinajstić information content (AvgIpc) is 2.51. The van der Waals surface area contributed by atoms with Gasteiger partial charge in [-0.2, -0.15) is 4.37 Å². The topological polar surface area (TPSA) is 37.8 Å². The first-order chi connectivity index (χ1) is 7.11. The monoisotopic (exact) mass is 247 g/mol. The molecule has 0 saturated carbocycles. The molecule has 1 aromatic rings. The Bertz CT molecular complexity index is 288. The molecule has 1 rings (SSSR count). The quantitative estimate of drug-likeness (QED) is 0.784. The maximum Gasteiger partial charge on any atom is 0.202 e. The van der Waals surface area contributed by atoms with E-state index < -0.39 is 0 Å². The standard InChI is InChI=1S/C10H18ClN3S/c1-4-5-9-13-10(15-14-9)12-8(3)6-7(2)11/h7-8H,4-6H2,1-3H3,(H,12,13,14). The molecular formula is C10H18ClN3S. The third-order valence-electron chi connectivity index (χ3n) is 1.99. The van der Waals surface area contributed by atoms with E-state index in [1.54, 1.807) is 0 Å². The molecule has 1 aromatic heterocycles. The normalized spacial score (nSPS) is 14.9. The summed E-state index contributed by atoms with van der Waals surface area (Å²) in [6.45, 7) is 6.24. The number of halogens is 1. The third-order valence-corrected chi connectivity index (χ3v) is 2.85. The third kappa shape index (κ3) is 4.80. The molecule has 3 nitrogen and oxygen atoms in total. The molecule has 0 bridgehead atoms. The van der Waals surface area contributed by atoms with Crippen LogP contribution in [-0.4, -0.2) is 20.8 Å². The van der Waals surface area contributed by atoms with E-state index in [1.807, 2.05) is 6.92 Å². The number of hydrogen-bond acceptors (Lipinski definition) is 4. The Morgan fingerprint density at radius 2 is 2.20 bits per heavy atom. The van der Waals surface area contributed by atoms with E-state index in [9.17, 15) is 0 Å². The van der Waals surface area contributed by atoms with E-state index in [2.05, 4.69) is 28.5 Å². The molecule has 1 heterocycles. The van der Waals surface area contributed by atoms with Crippen molar-refractivity contribution in [1.82, 2.24) is 9.36 Å². The minimum Gasteiger partial charge on any atom is -0.358 e. The molecule has 2 unspecified atom stereocenters. The van der Waals surface area contributed by atoms with Crippen molar-refractivity contribution in [2.24, 2.45) is 0 Å². The Kier molecular flexibility index (Phi) is 5.32. The fourth-order valence-electron chi connectivity index (χ4n) is 1.39. The zero-order chi connectivity index (χ0) is 11.3. The highest BCUT2D eigenvalue weighted by atomic mass is 35.5. The molecule has 0 aliphatic heterocycles. The average molecular weight is 248 g/mol. The first-order valence-corrected chi connectivity index (χ1v) is 6.56. The van der Waals surface area contributed by atoms with Gasteiger partial charge < -0.3 is 5.32 Å². The molecule has 0 aromatic carbocycles. The summed E-state index contributed by atoms with van der Waals surface area (Å²) in [7, 11) is 0. The minimum absolute atomic E-state index is 0.190. The predicted octanol–water partition coefficient (Wildman–Crippen LogP) is 3.31. The number of hydrogen-bond donors (Lipinski definition) is 1. The smallest absolute Gasteiger partial charge is 0.202 e. The van der Waals surface area contributed by atoms with Crippen LogP contribution in [-0.2, 0) is 6.42 Å². The van der Waals surface area contributed by atoms with Crippen LogP contribution in [0.15, 0.2) is 0 Å². The van der Waals surface area contributed by atoms with Crippen LogP contribution < -0.4 is 5.32 Å². The minimum atomic E-state index is 0.190. The number of aromatic nitrogens is 2. The number of alkyl halides is 1. The Hall–Kier alpha value is -0.350. The van der Waals surface area contributed by atoms with Gasteiger partial charge in [0.25, 0.3) is 0 Å². The van der Waals surface area contributed by atoms with Crippen molar-refractivity contribution in [3.63, 3.8) is 0 Å². The summed E-state index contributed by atoms with van der Waals surface area (Å²) in [6, 6.07) is 0.347. The van der Waals surface area contributed by atoms with Crippen molar-refractivity contribution in [2.75, 3.05) is 5.32 Å². The molecule has 0 saturated heterocycles. The summed E-state index contributed by atoms with van der Waals surface area (Å²) in [5.41, 5.74) is 0. The van der Waals surface area contributed by atoms with Crippen LogP contribution >= 0.6 is 23.1 Å². The van der Waals surface area contributed by atoms with Crippen molar-refractivity contribution < 1.29 is 0 Å². The van der Waals surface area contributed by atoms with Crippen LogP contribution in [0.5, 0.6) is 0 Å². The van der Waals surface area contributed by atoms with Crippen LogP contribution in [0.25, 0.3) is 0 Å². The molecule has 0 spiro atoms. The maximum absolute atomic E-state index is 5.92. The SMILES string of the molecule is CCCc1nsc(NC(C)CC(C)Cl)n1. The highest BCUT2D eigenvalue weighted by Crippen LogP contribution is 2.15. The van der Waals surface area contributed by atoms with Crippen molar-refractivity contribution in [3.05, 3.63) is 5.82 Å². The van der Waals surface area contributed by atoms with Crippen molar-refractivity contribution in [2.45, 2.75) is 51.5 Å². The van der Waals surface area contributed by atoms with Crippen LogP contribution in [0.3, 0.4) is 0 Å². The zero-order valence-corrected chi connectivity index (χ0v) is 11.0. The molecule has 2 atom stereocenters. The van der Waals surface area contributed by atoms with Crippen molar-refractivity contribution >= 4 is 28.3 Å². The number of anilines is 1. The lowest BCUT2D eigenvalue weighted by Gasteiger charge is -2.13. The van der Waals surface area contributed by atoms with Gasteiger partial charge >= 0.3 is 0 Å². The number of nitrogens with one attached hydrogen (secondary N) is 1. The highest BCUT2D eigenvalue weighted by molar-refractivity contribution is 7.09. The fraction of sp³-hybridized carbons (Fsp3) is 0.800. The number of nitrogens with zero attached hydrogens (tertiary/aromatic N) is 2. The Balaban J connectivity index is 2.42. The summed E-state index contributed by atoms with van der Waals surface area (Å²) >= 11 is 7.35. The van der Waals surface area contributed by atoms with Gasteiger partial charge in [0, 0.05) is 29.4 Å². The first kappa shape index (κ1) is 12.7. The molecule has 0 amide bonds. The predicted molar refractivity (Wildman–Crippen MR) is 66.9 cm³/mol. The lowest BCUT2D eigenvalue weighted by Crippen LogP contribution is -2.18. The second kappa shape index (κ2) is 6.28. The largest absolute Gasteiger partial charge is 0.358 e. The van der Waals surface area contributed by atoms with Gasteiger partial charge in [0.1, 0.15) is 5.82 Å². The van der Waals surface area contributed by atoms with Crippen molar-refractivity contribution in [3.8, 4) is 0 Å². The van der Waals surface area contributed by atoms with Crippen LogP contribution in [0, 0.1) is 0 Å². The summed E-state index contributed by atoms with van der Waals surface area (Å²) in [5, 5.41) is 4.41. The van der Waals surface area contributed by atoms with Crippen LogP contribution in [0.2, 0.25) is 0 Å². The van der Waals surface area contributed by atoms with Gasteiger partial charge in [-0.15, -0.1) is 11.6 Å². The molecule has 1 N–H and O–H groups in total. The van der Waals surface area contributed by atoms with Gasteiger partial charge in [-0.05, 0) is 26.7 Å². The summed E-state index contributed by atoms with van der Waals surface area (Å²) in [5.74, 6) is 0.941. The molecule has 0 aliphatic carbocycles. The Labute approximate surface area is 100 Å². The fourth-order valence-corrected chi connectivity index (χ4v) is 2.39. The molecule has 15 heavy (non-hydrogen) atoms. The molecule has 0 fully saturated rings. The van der Waals surface area contributed by atoms with Gasteiger partial charge in [0.15, 0.2) is 0 Å². The molecular weight excluding hydrogens is 230 g/mol. The molecule has 0 aliphatic rings. The molecule has 5 heteroatoms. The second-order valence-corrected chi connectivity index (χ2v) is 5.32. The number of rotatable bonds is 6. The van der Waals surface area contributed by atoms with Crippen LogP contribution in [0.1, 0.15) is 39.4 Å². The first-order valence-electron chi connectivity index (χ1n) is 5.35. The van der Waals surface area contributed by atoms with Gasteiger partial charge in [-0.3, -0.25) is 0 Å². The van der Waals surface area contributed by atoms with Gasteiger partial charge in [0.05, 0.1) is 0 Å². The van der Waals surface area contributed by atoms with Gasteiger partial charge in [-0.25, -0.2) is 4.98 Å². The summed E-state index contributed by atoms with van der Waals surface area (Å²) in [6.07, 6.45) is 2.98. The Morgan fingerprint density at radius 3 is 2.80 bits per heavy atom. The lowest BCUT2D eigenvalue weighted by molar-refractivity contribution is 0.695. The van der Waals surface area contributed by atoms with E-state index >= 15 is 0 Å². The highest BCUT2D eigenvalue weighted by Gasteiger charge is 2.09. The maximum atomic E-state index is 5.92. The van der Waals surface area contributed by atoms with E-state index in [4.69, 9.17) is 11.6 Å².